The third kappa shape index (κ3) is 5.65. The van der Waals surface area contributed by atoms with E-state index in [0.717, 1.165) is 6.42 Å². The quantitative estimate of drug-likeness (QED) is 0.691. The summed E-state index contributed by atoms with van der Waals surface area (Å²) in [5.74, 6) is -1.78. The fourth-order valence-corrected chi connectivity index (χ4v) is 2.97. The van der Waals surface area contributed by atoms with Crippen LogP contribution in [-0.4, -0.2) is 44.0 Å². The van der Waals surface area contributed by atoms with Crippen molar-refractivity contribution < 1.29 is 23.9 Å². The number of anilines is 1. The van der Waals surface area contributed by atoms with E-state index in [9.17, 15) is 19.2 Å². The number of urea groups is 1. The maximum atomic E-state index is 12.5. The maximum absolute atomic E-state index is 12.5. The number of hydrogen-bond donors (Lipinski definition) is 2. The number of ether oxygens (including phenoxy) is 1. The Labute approximate surface area is 166 Å². The van der Waals surface area contributed by atoms with E-state index in [1.807, 2.05) is 6.92 Å². The van der Waals surface area contributed by atoms with Crippen LogP contribution in [-0.2, 0) is 9.53 Å². The number of carbonyl (C=O) groups is 4. The number of nitrogens with one attached hydrogen (secondary N) is 2. The van der Waals surface area contributed by atoms with Crippen molar-refractivity contribution in [3.8, 4) is 0 Å². The summed E-state index contributed by atoms with van der Waals surface area (Å²) >= 11 is 1.30. The lowest BCUT2D eigenvalue weighted by Crippen LogP contribution is -2.41. The topological polar surface area (TPSA) is 105 Å². The SMILES string of the molecule is CCCNC(=O)NC(=O)COC(=O)c1ccccc1N(C)C(=O)c1cccs1. The molecule has 8 nitrogen and oxygen atoms in total. The number of thiophene rings is 1. The number of esters is 1. The number of rotatable bonds is 7. The van der Waals surface area contributed by atoms with E-state index in [-0.39, 0.29) is 11.5 Å². The maximum Gasteiger partial charge on any atom is 0.340 e. The second-order valence-corrected chi connectivity index (χ2v) is 6.69. The van der Waals surface area contributed by atoms with E-state index < -0.39 is 24.5 Å². The van der Waals surface area contributed by atoms with Crippen LogP contribution in [0.5, 0.6) is 0 Å². The fourth-order valence-electron chi connectivity index (χ4n) is 2.27. The van der Waals surface area contributed by atoms with Gasteiger partial charge in [-0.05, 0) is 30.0 Å². The molecule has 0 atom stereocenters. The average molecular weight is 403 g/mol. The minimum atomic E-state index is -0.773. The van der Waals surface area contributed by atoms with Crippen molar-refractivity contribution in [3.05, 3.63) is 52.2 Å². The van der Waals surface area contributed by atoms with E-state index >= 15 is 0 Å². The van der Waals surface area contributed by atoms with Crippen molar-refractivity contribution in [2.45, 2.75) is 13.3 Å². The van der Waals surface area contributed by atoms with Gasteiger partial charge in [0.1, 0.15) is 0 Å². The Morgan fingerprint density at radius 2 is 1.86 bits per heavy atom. The molecule has 9 heteroatoms. The molecule has 0 fully saturated rings. The van der Waals surface area contributed by atoms with Gasteiger partial charge >= 0.3 is 12.0 Å². The monoisotopic (exact) mass is 403 g/mol. The number of amides is 4. The molecule has 0 radical (unpaired) electrons. The lowest BCUT2D eigenvalue weighted by Gasteiger charge is -2.19. The Balaban J connectivity index is 2.01. The molecule has 28 heavy (non-hydrogen) atoms. The lowest BCUT2D eigenvalue weighted by atomic mass is 10.1. The van der Waals surface area contributed by atoms with Crippen molar-refractivity contribution in [3.63, 3.8) is 0 Å². The lowest BCUT2D eigenvalue weighted by molar-refractivity contribution is -0.123. The largest absolute Gasteiger partial charge is 0.452 e. The molecule has 0 aliphatic carbocycles. The predicted octanol–water partition coefficient (Wildman–Crippen LogP) is 2.42. The summed E-state index contributed by atoms with van der Waals surface area (Å²) in [6.45, 7) is 1.69. The second-order valence-electron chi connectivity index (χ2n) is 5.74. The first-order valence-electron chi connectivity index (χ1n) is 8.59. The Kier molecular flexibility index (Phi) is 7.70. The van der Waals surface area contributed by atoms with E-state index in [4.69, 9.17) is 4.74 Å². The van der Waals surface area contributed by atoms with Crippen molar-refractivity contribution in [1.82, 2.24) is 10.6 Å². The van der Waals surface area contributed by atoms with Crippen LogP contribution in [0.4, 0.5) is 10.5 Å². The molecule has 0 bridgehead atoms. The number of nitrogens with zero attached hydrogens (tertiary/aromatic N) is 1. The third-order valence-corrected chi connectivity index (χ3v) is 4.50. The van der Waals surface area contributed by atoms with E-state index in [1.165, 1.54) is 22.3 Å². The number of imide groups is 1. The number of hydrogen-bond acceptors (Lipinski definition) is 6. The van der Waals surface area contributed by atoms with Gasteiger partial charge in [-0.25, -0.2) is 9.59 Å². The zero-order chi connectivity index (χ0) is 20.5. The van der Waals surface area contributed by atoms with Crippen LogP contribution in [0, 0.1) is 0 Å². The minimum absolute atomic E-state index is 0.137. The fraction of sp³-hybridized carbons (Fsp3) is 0.263. The molecule has 1 aromatic heterocycles. The molecule has 2 aromatic rings. The summed E-state index contributed by atoms with van der Waals surface area (Å²) in [7, 11) is 1.55. The van der Waals surface area contributed by atoms with Crippen molar-refractivity contribution >= 4 is 40.8 Å². The molecule has 0 unspecified atom stereocenters. The highest BCUT2D eigenvalue weighted by Gasteiger charge is 2.21. The van der Waals surface area contributed by atoms with Gasteiger partial charge in [0.25, 0.3) is 11.8 Å². The first kappa shape index (κ1) is 21.1. The average Bonchev–Trinajstić information content (AvgIpc) is 3.24. The van der Waals surface area contributed by atoms with E-state index in [2.05, 4.69) is 10.6 Å². The predicted molar refractivity (Wildman–Crippen MR) is 106 cm³/mol. The van der Waals surface area contributed by atoms with Crippen LogP contribution < -0.4 is 15.5 Å². The van der Waals surface area contributed by atoms with Crippen molar-refractivity contribution in [2.75, 3.05) is 25.1 Å². The first-order valence-corrected chi connectivity index (χ1v) is 9.47. The van der Waals surface area contributed by atoms with Crippen LogP contribution in [0.25, 0.3) is 0 Å². The Morgan fingerprint density at radius 1 is 1.11 bits per heavy atom. The summed E-state index contributed by atoms with van der Waals surface area (Å²) < 4.78 is 4.99. The molecule has 2 N–H and O–H groups in total. The van der Waals surface area contributed by atoms with Gasteiger partial charge in [0.2, 0.25) is 0 Å². The van der Waals surface area contributed by atoms with Crippen LogP contribution >= 0.6 is 11.3 Å². The van der Waals surface area contributed by atoms with Crippen molar-refractivity contribution in [1.29, 1.82) is 0 Å². The molecule has 148 valence electrons. The molecule has 1 aromatic carbocycles. The van der Waals surface area contributed by atoms with Gasteiger partial charge in [0, 0.05) is 13.6 Å². The first-order chi connectivity index (χ1) is 13.4. The van der Waals surface area contributed by atoms with Crippen molar-refractivity contribution in [2.24, 2.45) is 0 Å². The highest BCUT2D eigenvalue weighted by atomic mass is 32.1. The molecule has 1 heterocycles. The molecular weight excluding hydrogens is 382 g/mol. The number of benzene rings is 1. The highest BCUT2D eigenvalue weighted by molar-refractivity contribution is 7.12. The van der Waals surface area contributed by atoms with E-state index in [1.54, 1.807) is 42.8 Å². The Hall–Kier alpha value is -3.20. The molecular formula is C19H21N3O5S. The van der Waals surface area contributed by atoms with Crippen LogP contribution in [0.15, 0.2) is 41.8 Å². The highest BCUT2D eigenvalue weighted by Crippen LogP contribution is 2.23. The summed E-state index contributed by atoms with van der Waals surface area (Å²) in [4.78, 5) is 50.0. The van der Waals surface area contributed by atoms with Gasteiger partial charge in [0.05, 0.1) is 16.1 Å². The van der Waals surface area contributed by atoms with Crippen LogP contribution in [0.1, 0.15) is 33.4 Å². The molecule has 0 saturated carbocycles. The summed E-state index contributed by atoms with van der Waals surface area (Å²) in [6, 6.07) is 9.24. The zero-order valence-electron chi connectivity index (χ0n) is 15.6. The van der Waals surface area contributed by atoms with Gasteiger partial charge in [-0.15, -0.1) is 11.3 Å². The molecule has 0 aliphatic rings. The molecule has 0 spiro atoms. The molecule has 4 amide bonds. The Bertz CT molecular complexity index is 851. The van der Waals surface area contributed by atoms with Gasteiger partial charge < -0.3 is 15.0 Å². The molecule has 0 saturated heterocycles. The molecule has 2 rings (SSSR count). The Morgan fingerprint density at radius 3 is 2.54 bits per heavy atom. The molecule has 0 aliphatic heterocycles. The number of para-hydroxylation sites is 1. The van der Waals surface area contributed by atoms with Gasteiger partial charge in [-0.1, -0.05) is 25.1 Å². The smallest absolute Gasteiger partial charge is 0.340 e. The summed E-state index contributed by atoms with van der Waals surface area (Å²) in [5, 5.41) is 6.33. The number of carbonyl (C=O) groups excluding carboxylic acids is 4. The zero-order valence-corrected chi connectivity index (χ0v) is 16.4. The summed E-state index contributed by atoms with van der Waals surface area (Å²) in [5.41, 5.74) is 0.491. The van der Waals surface area contributed by atoms with Crippen LogP contribution in [0.3, 0.4) is 0 Å². The standard InChI is InChI=1S/C19H21N3O5S/c1-3-10-20-19(26)21-16(23)12-27-18(25)13-7-4-5-8-14(13)22(2)17(24)15-9-6-11-28-15/h4-9,11H,3,10,12H2,1-2H3,(H2,20,21,23,26). The van der Waals surface area contributed by atoms with Gasteiger partial charge in [-0.3, -0.25) is 14.9 Å². The van der Waals surface area contributed by atoms with E-state index in [0.29, 0.717) is 17.1 Å². The van der Waals surface area contributed by atoms with Crippen LogP contribution in [0.2, 0.25) is 0 Å². The third-order valence-electron chi connectivity index (χ3n) is 3.64. The van der Waals surface area contributed by atoms with Gasteiger partial charge in [0.15, 0.2) is 6.61 Å². The summed E-state index contributed by atoms with van der Waals surface area (Å²) in [6.07, 6.45) is 0.727. The second kappa shape index (κ2) is 10.2. The van der Waals surface area contributed by atoms with Gasteiger partial charge in [-0.2, -0.15) is 0 Å². The normalized spacial score (nSPS) is 10.1. The minimum Gasteiger partial charge on any atom is -0.452 e.